The van der Waals surface area contributed by atoms with Crippen LogP contribution in [0.15, 0.2) is 40.6 Å². The summed E-state index contributed by atoms with van der Waals surface area (Å²) in [5.74, 6) is -0.968. The van der Waals surface area contributed by atoms with E-state index in [-0.39, 0.29) is 42.2 Å². The van der Waals surface area contributed by atoms with Crippen molar-refractivity contribution in [2.75, 3.05) is 6.54 Å². The molecule has 0 aliphatic carbocycles. The zero-order chi connectivity index (χ0) is 15.2. The van der Waals surface area contributed by atoms with Crippen LogP contribution < -0.4 is 0 Å². The molecule has 1 N–H and O–H groups in total. The highest BCUT2D eigenvalue weighted by atomic mass is 19.1. The van der Waals surface area contributed by atoms with E-state index in [1.807, 2.05) is 0 Å². The Morgan fingerprint density at radius 2 is 2.14 bits per heavy atom. The van der Waals surface area contributed by atoms with Gasteiger partial charge in [-0.3, -0.25) is 14.6 Å². The van der Waals surface area contributed by atoms with Gasteiger partial charge in [-0.25, -0.2) is 4.39 Å². The van der Waals surface area contributed by atoms with Crippen LogP contribution in [0.3, 0.4) is 0 Å². The third-order valence-corrected chi connectivity index (χ3v) is 3.12. The molecule has 1 atom stereocenters. The fraction of sp³-hybridized carbons (Fsp3) is 0.267. The summed E-state index contributed by atoms with van der Waals surface area (Å²) in [6.45, 7) is 0.586. The molecule has 1 heterocycles. The second kappa shape index (κ2) is 6.78. The van der Waals surface area contributed by atoms with Crippen LogP contribution in [0.1, 0.15) is 12.0 Å². The van der Waals surface area contributed by atoms with E-state index >= 15 is 0 Å². The maximum atomic E-state index is 12.9. The fourth-order valence-electron chi connectivity index (χ4n) is 2.02. The van der Waals surface area contributed by atoms with Crippen LogP contribution >= 0.6 is 0 Å². The lowest BCUT2D eigenvalue weighted by molar-refractivity contribution is -0.133. The predicted octanol–water partition coefficient (Wildman–Crippen LogP) is 1.77. The van der Waals surface area contributed by atoms with Gasteiger partial charge in [0.1, 0.15) is 11.6 Å². The molecule has 0 saturated carbocycles. The van der Waals surface area contributed by atoms with Crippen molar-refractivity contribution >= 4 is 18.5 Å². The molecule has 1 aromatic rings. The second-order valence-corrected chi connectivity index (χ2v) is 4.56. The largest absolute Gasteiger partial charge is 0.508 e. The quantitative estimate of drug-likeness (QED) is 0.509. The molecule has 0 spiro atoms. The number of carbonyl (C=O) groups excluding carboxylic acids is 2. The van der Waals surface area contributed by atoms with Gasteiger partial charge in [-0.15, -0.1) is 0 Å². The van der Waals surface area contributed by atoms with Crippen LogP contribution in [-0.2, 0) is 20.7 Å². The fourth-order valence-corrected chi connectivity index (χ4v) is 2.02. The lowest BCUT2D eigenvalue weighted by Gasteiger charge is -2.17. The third-order valence-electron chi connectivity index (χ3n) is 3.12. The van der Waals surface area contributed by atoms with Crippen LogP contribution in [0, 0.1) is 5.82 Å². The van der Waals surface area contributed by atoms with Gasteiger partial charge in [0.25, 0.3) is 6.47 Å². The van der Waals surface area contributed by atoms with Crippen LogP contribution in [-0.4, -0.2) is 36.2 Å². The number of Topliss-reactive ketones (excluding diaryl/α,β-unsaturated/α-hetero) is 1. The molecule has 5 nitrogen and oxygen atoms in total. The van der Waals surface area contributed by atoms with Crippen LogP contribution in [0.25, 0.3) is 0 Å². The van der Waals surface area contributed by atoms with E-state index in [9.17, 15) is 19.1 Å². The number of rotatable bonds is 5. The highest BCUT2D eigenvalue weighted by molar-refractivity contribution is 6.15. The summed E-state index contributed by atoms with van der Waals surface area (Å²) in [5.41, 5.74) is 0.714. The van der Waals surface area contributed by atoms with Crippen molar-refractivity contribution in [2.45, 2.75) is 18.9 Å². The summed E-state index contributed by atoms with van der Waals surface area (Å²) in [5, 5.41) is 10.2. The van der Waals surface area contributed by atoms with Crippen LogP contribution in [0.2, 0.25) is 0 Å². The van der Waals surface area contributed by atoms with Gasteiger partial charge in [-0.1, -0.05) is 12.1 Å². The Kier molecular flexibility index (Phi) is 4.81. The lowest BCUT2D eigenvalue weighted by atomic mass is 9.99. The van der Waals surface area contributed by atoms with Crippen molar-refractivity contribution in [3.8, 4) is 0 Å². The molecule has 0 bridgehead atoms. The molecular formula is C15H14FNO4. The van der Waals surface area contributed by atoms with Crippen molar-refractivity contribution in [3.05, 3.63) is 47.0 Å². The summed E-state index contributed by atoms with van der Waals surface area (Å²) < 4.78 is 17.7. The normalized spacial score (nSPS) is 18.2. The van der Waals surface area contributed by atoms with Crippen LogP contribution in [0.4, 0.5) is 4.39 Å². The van der Waals surface area contributed by atoms with Gasteiger partial charge in [0.05, 0.1) is 5.57 Å². The zero-order valence-electron chi connectivity index (χ0n) is 11.2. The molecule has 21 heavy (non-hydrogen) atoms. The molecule has 1 aliphatic heterocycles. The standard InChI is InChI=1S/C15H14FNO4/c16-11-3-1-10(2-4-11)7-14(21-9-18)15(20)12-8-17-6-5-13(12)19/h1-4,8-9,14,20H,5-7H2. The first-order chi connectivity index (χ1) is 10.1. The van der Waals surface area contributed by atoms with E-state index in [2.05, 4.69) is 4.99 Å². The Balaban J connectivity index is 2.25. The Morgan fingerprint density at radius 3 is 2.76 bits per heavy atom. The predicted molar refractivity (Wildman–Crippen MR) is 73.7 cm³/mol. The number of allylic oxidation sites excluding steroid dienone is 1. The van der Waals surface area contributed by atoms with E-state index in [4.69, 9.17) is 4.74 Å². The zero-order valence-corrected chi connectivity index (χ0v) is 11.2. The van der Waals surface area contributed by atoms with Crippen molar-refractivity contribution < 1.29 is 23.8 Å². The molecule has 0 aromatic heterocycles. The monoisotopic (exact) mass is 291 g/mol. The lowest BCUT2D eigenvalue weighted by Crippen LogP contribution is -2.24. The van der Waals surface area contributed by atoms with Crippen molar-refractivity contribution in [1.29, 1.82) is 0 Å². The molecule has 1 aromatic carbocycles. The highest BCUT2D eigenvalue weighted by Gasteiger charge is 2.24. The van der Waals surface area contributed by atoms with Crippen molar-refractivity contribution in [1.82, 2.24) is 0 Å². The van der Waals surface area contributed by atoms with E-state index in [1.54, 1.807) is 0 Å². The molecule has 0 radical (unpaired) electrons. The minimum atomic E-state index is -1.00. The number of carbonyl (C=O) groups is 2. The molecule has 6 heteroatoms. The molecule has 0 saturated heterocycles. The number of hydrogen-bond donors (Lipinski definition) is 1. The SMILES string of the molecule is O=COC(Cc1ccc(F)cc1)C(O)=C1C=NCCC1=O. The maximum absolute atomic E-state index is 12.9. The number of aliphatic hydroxyl groups is 1. The van der Waals surface area contributed by atoms with Gasteiger partial charge in [0.15, 0.2) is 11.9 Å². The van der Waals surface area contributed by atoms with E-state index in [1.165, 1.54) is 30.5 Å². The summed E-state index contributed by atoms with van der Waals surface area (Å²) >= 11 is 0. The third kappa shape index (κ3) is 3.75. The number of halogens is 1. The smallest absolute Gasteiger partial charge is 0.293 e. The Bertz CT molecular complexity index is 592. The topological polar surface area (TPSA) is 76.0 Å². The minimum Gasteiger partial charge on any atom is -0.508 e. The number of nitrogens with zero attached hydrogens (tertiary/aromatic N) is 1. The molecule has 2 rings (SSSR count). The van der Waals surface area contributed by atoms with Gasteiger partial charge in [0, 0.05) is 25.6 Å². The average molecular weight is 291 g/mol. The second-order valence-electron chi connectivity index (χ2n) is 4.56. The van der Waals surface area contributed by atoms with Crippen molar-refractivity contribution in [2.24, 2.45) is 4.99 Å². The first-order valence-corrected chi connectivity index (χ1v) is 6.41. The Morgan fingerprint density at radius 1 is 1.43 bits per heavy atom. The highest BCUT2D eigenvalue weighted by Crippen LogP contribution is 2.17. The molecule has 1 aliphatic rings. The summed E-state index contributed by atoms with van der Waals surface area (Å²) in [4.78, 5) is 26.3. The van der Waals surface area contributed by atoms with E-state index in [0.717, 1.165) is 0 Å². The number of aliphatic imine (C=N–C) groups is 1. The number of ether oxygens (including phenoxy) is 1. The summed E-state index contributed by atoms with van der Waals surface area (Å²) in [6.07, 6.45) is 0.624. The minimum absolute atomic E-state index is 0.0511. The van der Waals surface area contributed by atoms with Gasteiger partial charge in [-0.05, 0) is 17.7 Å². The molecule has 1 unspecified atom stereocenters. The molecule has 110 valence electrons. The Labute approximate surface area is 120 Å². The number of benzene rings is 1. The van der Waals surface area contributed by atoms with Gasteiger partial charge >= 0.3 is 0 Å². The summed E-state index contributed by atoms with van der Waals surface area (Å²) in [6, 6.07) is 5.58. The van der Waals surface area contributed by atoms with Crippen molar-refractivity contribution in [3.63, 3.8) is 0 Å². The number of hydrogen-bond acceptors (Lipinski definition) is 5. The van der Waals surface area contributed by atoms with E-state index in [0.29, 0.717) is 12.1 Å². The van der Waals surface area contributed by atoms with Gasteiger partial charge in [0.2, 0.25) is 0 Å². The number of aliphatic hydroxyl groups excluding tert-OH is 1. The summed E-state index contributed by atoms with van der Waals surface area (Å²) in [7, 11) is 0. The maximum Gasteiger partial charge on any atom is 0.293 e. The van der Waals surface area contributed by atoms with Crippen LogP contribution in [0.5, 0.6) is 0 Å². The van der Waals surface area contributed by atoms with Gasteiger partial charge in [-0.2, -0.15) is 0 Å². The van der Waals surface area contributed by atoms with E-state index < -0.39 is 6.10 Å². The molecular weight excluding hydrogens is 277 g/mol. The number of ketones is 1. The Hall–Kier alpha value is -2.50. The molecule has 0 amide bonds. The first kappa shape index (κ1) is 14.9. The average Bonchev–Trinajstić information content (AvgIpc) is 2.49. The van der Waals surface area contributed by atoms with Gasteiger partial charge < -0.3 is 9.84 Å². The molecule has 0 fully saturated rings. The first-order valence-electron chi connectivity index (χ1n) is 6.41.